The Labute approximate surface area is 182 Å². The Hall–Kier alpha value is -2.10. The molecule has 0 saturated heterocycles. The van der Waals surface area contributed by atoms with Crippen molar-refractivity contribution in [2.75, 3.05) is 10.0 Å². The van der Waals surface area contributed by atoms with Gasteiger partial charge in [0.15, 0.2) is 0 Å². The number of sulfonamides is 1. The van der Waals surface area contributed by atoms with Gasteiger partial charge in [0.05, 0.1) is 16.1 Å². The SMILES string of the molecule is Cc1ccc(Cl)cc1NS(=O)(=O)c1ccc(NC(=O)c2ccccc2I)cc1. The molecule has 0 fully saturated rings. The van der Waals surface area contributed by atoms with Crippen LogP contribution in [0.25, 0.3) is 0 Å². The van der Waals surface area contributed by atoms with Gasteiger partial charge in [-0.15, -0.1) is 0 Å². The minimum Gasteiger partial charge on any atom is -0.322 e. The van der Waals surface area contributed by atoms with Gasteiger partial charge in [0.2, 0.25) is 0 Å². The average Bonchev–Trinajstić information content (AvgIpc) is 2.65. The van der Waals surface area contributed by atoms with Crippen molar-refractivity contribution >= 4 is 61.5 Å². The zero-order chi connectivity index (χ0) is 20.3. The topological polar surface area (TPSA) is 75.3 Å². The number of benzene rings is 3. The number of nitrogens with one attached hydrogen (secondary N) is 2. The van der Waals surface area contributed by atoms with Gasteiger partial charge in [-0.25, -0.2) is 8.42 Å². The van der Waals surface area contributed by atoms with Crippen LogP contribution in [0.4, 0.5) is 11.4 Å². The highest BCUT2D eigenvalue weighted by molar-refractivity contribution is 14.1. The minimum atomic E-state index is -3.78. The molecule has 3 aromatic carbocycles. The first-order valence-corrected chi connectivity index (χ1v) is 11.2. The molecular formula is C20H16ClIN2O3S. The third-order valence-electron chi connectivity index (χ3n) is 3.98. The molecule has 5 nitrogen and oxygen atoms in total. The Kier molecular flexibility index (Phi) is 6.26. The normalized spacial score (nSPS) is 11.1. The van der Waals surface area contributed by atoms with Gasteiger partial charge in [0, 0.05) is 14.3 Å². The summed E-state index contributed by atoms with van der Waals surface area (Å²) in [5.74, 6) is -0.256. The fourth-order valence-corrected chi connectivity index (χ4v) is 4.40. The molecule has 0 spiro atoms. The van der Waals surface area contributed by atoms with Crippen LogP contribution in [0, 0.1) is 10.5 Å². The number of hydrogen-bond acceptors (Lipinski definition) is 3. The van der Waals surface area contributed by atoms with Crippen molar-refractivity contribution in [3.8, 4) is 0 Å². The molecule has 0 radical (unpaired) electrons. The van der Waals surface area contributed by atoms with Crippen molar-refractivity contribution in [1.82, 2.24) is 0 Å². The molecule has 144 valence electrons. The molecule has 3 aromatic rings. The molecule has 8 heteroatoms. The second-order valence-electron chi connectivity index (χ2n) is 6.02. The number of amides is 1. The lowest BCUT2D eigenvalue weighted by atomic mass is 10.2. The maximum Gasteiger partial charge on any atom is 0.261 e. The lowest BCUT2D eigenvalue weighted by Crippen LogP contribution is -2.15. The van der Waals surface area contributed by atoms with E-state index in [9.17, 15) is 13.2 Å². The first kappa shape index (κ1) is 20.6. The molecule has 0 saturated carbocycles. The summed E-state index contributed by atoms with van der Waals surface area (Å²) in [4.78, 5) is 12.5. The fourth-order valence-electron chi connectivity index (χ4n) is 2.47. The monoisotopic (exact) mass is 526 g/mol. The Bertz CT molecular complexity index is 1130. The predicted molar refractivity (Wildman–Crippen MR) is 121 cm³/mol. The molecule has 2 N–H and O–H groups in total. The first-order chi connectivity index (χ1) is 13.3. The Morgan fingerprint density at radius 1 is 1.00 bits per heavy atom. The van der Waals surface area contributed by atoms with Crippen molar-refractivity contribution in [1.29, 1.82) is 0 Å². The molecular weight excluding hydrogens is 511 g/mol. The predicted octanol–water partition coefficient (Wildman–Crippen LogP) is 5.31. The van der Waals surface area contributed by atoms with Crippen molar-refractivity contribution in [3.05, 3.63) is 86.4 Å². The Balaban J connectivity index is 1.77. The van der Waals surface area contributed by atoms with Crippen LogP contribution < -0.4 is 10.0 Å². The van der Waals surface area contributed by atoms with Crippen LogP contribution in [0.2, 0.25) is 5.02 Å². The highest BCUT2D eigenvalue weighted by atomic mass is 127. The molecule has 0 aliphatic carbocycles. The molecule has 28 heavy (non-hydrogen) atoms. The van der Waals surface area contributed by atoms with E-state index in [1.54, 1.807) is 49.4 Å². The van der Waals surface area contributed by atoms with E-state index in [-0.39, 0.29) is 10.8 Å². The maximum absolute atomic E-state index is 12.6. The van der Waals surface area contributed by atoms with Gasteiger partial charge in [0.1, 0.15) is 0 Å². The smallest absolute Gasteiger partial charge is 0.261 e. The van der Waals surface area contributed by atoms with Crippen molar-refractivity contribution in [2.24, 2.45) is 0 Å². The van der Waals surface area contributed by atoms with Gasteiger partial charge >= 0.3 is 0 Å². The summed E-state index contributed by atoms with van der Waals surface area (Å²) in [5.41, 5.74) is 2.23. The summed E-state index contributed by atoms with van der Waals surface area (Å²) >= 11 is 8.04. The van der Waals surface area contributed by atoms with Crippen molar-refractivity contribution in [3.63, 3.8) is 0 Å². The lowest BCUT2D eigenvalue weighted by molar-refractivity contribution is 0.102. The summed E-state index contributed by atoms with van der Waals surface area (Å²) in [7, 11) is -3.78. The summed E-state index contributed by atoms with van der Waals surface area (Å²) in [6, 6.07) is 18.2. The number of aryl methyl sites for hydroxylation is 1. The largest absolute Gasteiger partial charge is 0.322 e. The van der Waals surface area contributed by atoms with Gasteiger partial charge in [-0.3, -0.25) is 9.52 Å². The second kappa shape index (κ2) is 8.50. The van der Waals surface area contributed by atoms with Crippen LogP contribution in [0.1, 0.15) is 15.9 Å². The molecule has 1 amide bonds. The molecule has 0 atom stereocenters. The second-order valence-corrected chi connectivity index (χ2v) is 9.30. The summed E-state index contributed by atoms with van der Waals surface area (Å²) in [5, 5.41) is 3.21. The van der Waals surface area contributed by atoms with Gasteiger partial charge in [-0.05, 0) is 83.6 Å². The van der Waals surface area contributed by atoms with Crippen LogP contribution in [0.15, 0.2) is 71.6 Å². The molecule has 0 aliphatic rings. The number of carbonyl (C=O) groups is 1. The standard InChI is InChI=1S/C20H16ClIN2O3S/c1-13-6-7-14(21)12-19(13)24-28(26,27)16-10-8-15(9-11-16)23-20(25)17-4-2-3-5-18(17)22/h2-12,24H,1H3,(H,23,25). The Morgan fingerprint density at radius 3 is 2.36 bits per heavy atom. The van der Waals surface area contributed by atoms with E-state index in [1.165, 1.54) is 12.1 Å². The summed E-state index contributed by atoms with van der Waals surface area (Å²) in [6.07, 6.45) is 0. The first-order valence-electron chi connectivity index (χ1n) is 8.21. The minimum absolute atomic E-state index is 0.0826. The molecule has 0 unspecified atom stereocenters. The fraction of sp³-hybridized carbons (Fsp3) is 0.0500. The van der Waals surface area contributed by atoms with E-state index in [2.05, 4.69) is 32.6 Å². The lowest BCUT2D eigenvalue weighted by Gasteiger charge is -2.12. The van der Waals surface area contributed by atoms with Crippen molar-refractivity contribution in [2.45, 2.75) is 11.8 Å². The zero-order valence-corrected chi connectivity index (χ0v) is 18.5. The number of rotatable bonds is 5. The molecule has 0 bridgehead atoms. The molecule has 0 aliphatic heterocycles. The van der Waals surface area contributed by atoms with Gasteiger partial charge in [0.25, 0.3) is 15.9 Å². The molecule has 0 heterocycles. The van der Waals surface area contributed by atoms with Crippen LogP contribution in [-0.2, 0) is 10.0 Å². The summed E-state index contributed by atoms with van der Waals surface area (Å²) in [6.45, 7) is 1.79. The number of anilines is 2. The zero-order valence-electron chi connectivity index (χ0n) is 14.7. The quantitative estimate of drug-likeness (QED) is 0.443. The summed E-state index contributed by atoms with van der Waals surface area (Å²) < 4.78 is 28.6. The maximum atomic E-state index is 12.6. The van der Waals surface area contributed by atoms with Crippen LogP contribution in [0.3, 0.4) is 0 Å². The van der Waals surface area contributed by atoms with Gasteiger partial charge in [-0.2, -0.15) is 0 Å². The van der Waals surface area contributed by atoms with Crippen molar-refractivity contribution < 1.29 is 13.2 Å². The van der Waals surface area contributed by atoms with Crippen LogP contribution in [-0.4, -0.2) is 14.3 Å². The van der Waals surface area contributed by atoms with Gasteiger partial charge in [-0.1, -0.05) is 29.8 Å². The number of carbonyl (C=O) groups excluding carboxylic acids is 1. The van der Waals surface area contributed by atoms with Crippen LogP contribution in [0.5, 0.6) is 0 Å². The third-order valence-corrected chi connectivity index (χ3v) is 6.54. The number of hydrogen-bond donors (Lipinski definition) is 2. The van der Waals surface area contributed by atoms with E-state index in [4.69, 9.17) is 11.6 Å². The average molecular weight is 527 g/mol. The van der Waals surface area contributed by atoms with Gasteiger partial charge < -0.3 is 5.32 Å². The molecule has 0 aromatic heterocycles. The van der Waals surface area contributed by atoms with E-state index >= 15 is 0 Å². The van der Waals surface area contributed by atoms with E-state index in [0.717, 1.165) is 9.13 Å². The van der Waals surface area contributed by atoms with E-state index in [1.807, 2.05) is 12.1 Å². The number of halogens is 2. The highest BCUT2D eigenvalue weighted by Gasteiger charge is 2.16. The van der Waals surface area contributed by atoms with E-state index in [0.29, 0.717) is 22.0 Å². The van der Waals surface area contributed by atoms with Crippen LogP contribution >= 0.6 is 34.2 Å². The Morgan fingerprint density at radius 2 is 1.68 bits per heavy atom. The highest BCUT2D eigenvalue weighted by Crippen LogP contribution is 2.24. The molecule has 3 rings (SSSR count). The van der Waals surface area contributed by atoms with E-state index < -0.39 is 10.0 Å². The third kappa shape index (κ3) is 4.84.